The number of nitrogens with zero attached hydrogens (tertiary/aromatic N) is 2. The van der Waals surface area contributed by atoms with E-state index >= 15 is 0 Å². The molecule has 2 rings (SSSR count). The van der Waals surface area contributed by atoms with Crippen LogP contribution in [0.3, 0.4) is 0 Å². The average molecular weight is 237 g/mol. The maximum atomic E-state index is 10.9. The number of benzene rings is 1. The summed E-state index contributed by atoms with van der Waals surface area (Å²) in [6.45, 7) is 3.42. The summed E-state index contributed by atoms with van der Waals surface area (Å²) in [4.78, 5) is 12.6. The molecule has 0 bridgehead atoms. The zero-order valence-corrected chi connectivity index (χ0v) is 9.68. The number of nitro groups is 1. The van der Waals surface area contributed by atoms with Crippen LogP contribution in [0.25, 0.3) is 0 Å². The number of methoxy groups -OCH3 is 1. The molecule has 1 aliphatic heterocycles. The van der Waals surface area contributed by atoms with Gasteiger partial charge in [0.1, 0.15) is 0 Å². The van der Waals surface area contributed by atoms with E-state index in [2.05, 4.69) is 10.2 Å². The highest BCUT2D eigenvalue weighted by atomic mass is 16.6. The molecular weight excluding hydrogens is 222 g/mol. The van der Waals surface area contributed by atoms with Gasteiger partial charge in [-0.15, -0.1) is 0 Å². The Morgan fingerprint density at radius 2 is 2.12 bits per heavy atom. The van der Waals surface area contributed by atoms with Crippen LogP contribution < -0.4 is 15.0 Å². The van der Waals surface area contributed by atoms with Crippen molar-refractivity contribution in [3.63, 3.8) is 0 Å². The number of hydrogen-bond donors (Lipinski definition) is 1. The van der Waals surface area contributed by atoms with Crippen molar-refractivity contribution in [2.45, 2.75) is 0 Å². The minimum Gasteiger partial charge on any atom is -0.489 e. The Hall–Kier alpha value is -1.82. The topological polar surface area (TPSA) is 67.6 Å². The van der Waals surface area contributed by atoms with Gasteiger partial charge in [-0.05, 0) is 6.07 Å². The van der Waals surface area contributed by atoms with Crippen molar-refractivity contribution in [2.24, 2.45) is 0 Å². The molecule has 1 fully saturated rings. The monoisotopic (exact) mass is 237 g/mol. The second-order valence-electron chi connectivity index (χ2n) is 3.82. The third kappa shape index (κ3) is 2.31. The van der Waals surface area contributed by atoms with E-state index in [-0.39, 0.29) is 5.69 Å². The van der Waals surface area contributed by atoms with Crippen molar-refractivity contribution in [1.29, 1.82) is 0 Å². The lowest BCUT2D eigenvalue weighted by atomic mass is 10.2. The van der Waals surface area contributed by atoms with E-state index in [1.165, 1.54) is 13.2 Å². The average Bonchev–Trinajstić information content (AvgIpc) is 2.38. The van der Waals surface area contributed by atoms with Crippen LogP contribution >= 0.6 is 0 Å². The van der Waals surface area contributed by atoms with Gasteiger partial charge in [-0.1, -0.05) is 6.07 Å². The van der Waals surface area contributed by atoms with Crippen molar-refractivity contribution >= 4 is 11.4 Å². The van der Waals surface area contributed by atoms with Gasteiger partial charge in [-0.2, -0.15) is 0 Å². The fourth-order valence-corrected chi connectivity index (χ4v) is 2.02. The molecule has 1 aliphatic rings. The van der Waals surface area contributed by atoms with Gasteiger partial charge in [-0.25, -0.2) is 0 Å². The van der Waals surface area contributed by atoms with Crippen LogP contribution in [-0.4, -0.2) is 38.2 Å². The van der Waals surface area contributed by atoms with E-state index in [0.29, 0.717) is 5.75 Å². The van der Waals surface area contributed by atoms with Gasteiger partial charge in [0.15, 0.2) is 0 Å². The molecular formula is C11H15N3O3. The van der Waals surface area contributed by atoms with Crippen LogP contribution in [0, 0.1) is 10.1 Å². The number of anilines is 1. The molecule has 0 atom stereocenters. The molecule has 92 valence electrons. The summed E-state index contributed by atoms with van der Waals surface area (Å²) in [5.41, 5.74) is 0.812. The first kappa shape index (κ1) is 11.7. The Morgan fingerprint density at radius 1 is 1.41 bits per heavy atom. The van der Waals surface area contributed by atoms with Gasteiger partial charge in [0.2, 0.25) is 5.75 Å². The second kappa shape index (κ2) is 5.01. The fraction of sp³-hybridized carbons (Fsp3) is 0.455. The third-order valence-electron chi connectivity index (χ3n) is 2.83. The Bertz CT molecular complexity index is 416. The molecule has 1 aromatic rings. The van der Waals surface area contributed by atoms with Crippen LogP contribution in [0.5, 0.6) is 5.75 Å². The summed E-state index contributed by atoms with van der Waals surface area (Å²) in [5, 5.41) is 14.2. The van der Waals surface area contributed by atoms with E-state index in [4.69, 9.17) is 4.74 Å². The van der Waals surface area contributed by atoms with Gasteiger partial charge >= 0.3 is 5.69 Å². The number of nitrogens with one attached hydrogen (secondary N) is 1. The Balaban J connectivity index is 2.38. The first-order chi connectivity index (χ1) is 8.24. The smallest absolute Gasteiger partial charge is 0.313 e. The molecule has 0 unspecified atom stereocenters. The van der Waals surface area contributed by atoms with Crippen molar-refractivity contribution in [1.82, 2.24) is 5.32 Å². The highest BCUT2D eigenvalue weighted by Crippen LogP contribution is 2.36. The first-order valence-electron chi connectivity index (χ1n) is 5.51. The van der Waals surface area contributed by atoms with Crippen LogP contribution in [-0.2, 0) is 0 Å². The van der Waals surface area contributed by atoms with Gasteiger partial charge in [0, 0.05) is 32.2 Å². The third-order valence-corrected chi connectivity index (χ3v) is 2.83. The number of rotatable bonds is 3. The van der Waals surface area contributed by atoms with Crippen molar-refractivity contribution in [3.05, 3.63) is 28.3 Å². The quantitative estimate of drug-likeness (QED) is 0.627. The summed E-state index contributed by atoms with van der Waals surface area (Å²) >= 11 is 0. The molecule has 0 aliphatic carbocycles. The summed E-state index contributed by atoms with van der Waals surface area (Å²) in [5.74, 6) is 0.347. The standard InChI is InChI=1S/C11H15N3O3/c1-17-11-9(13-7-5-12-6-8-13)3-2-4-10(11)14(15)16/h2-4,12H,5-8H2,1H3. The predicted molar refractivity (Wildman–Crippen MR) is 64.7 cm³/mol. The Kier molecular flexibility index (Phi) is 3.43. The lowest BCUT2D eigenvalue weighted by Crippen LogP contribution is -2.43. The number of para-hydroxylation sites is 1. The van der Waals surface area contributed by atoms with Gasteiger partial charge in [0.05, 0.1) is 17.7 Å². The highest BCUT2D eigenvalue weighted by molar-refractivity contribution is 5.67. The number of ether oxygens (including phenoxy) is 1. The Morgan fingerprint density at radius 3 is 2.71 bits per heavy atom. The molecule has 0 amide bonds. The van der Waals surface area contributed by atoms with Crippen molar-refractivity contribution < 1.29 is 9.66 Å². The molecule has 6 nitrogen and oxygen atoms in total. The lowest BCUT2D eigenvalue weighted by molar-refractivity contribution is -0.385. The normalized spacial score (nSPS) is 15.7. The van der Waals surface area contributed by atoms with E-state index in [9.17, 15) is 10.1 Å². The molecule has 1 aromatic carbocycles. The maximum Gasteiger partial charge on any atom is 0.313 e. The minimum absolute atomic E-state index is 0.0172. The van der Waals surface area contributed by atoms with Crippen molar-refractivity contribution in [3.8, 4) is 5.75 Å². The van der Waals surface area contributed by atoms with Crippen LogP contribution in [0.4, 0.5) is 11.4 Å². The molecule has 0 spiro atoms. The van der Waals surface area contributed by atoms with E-state index in [0.717, 1.165) is 31.9 Å². The SMILES string of the molecule is COc1c(N2CCNCC2)cccc1[N+](=O)[O-]. The van der Waals surface area contributed by atoms with Gasteiger partial charge < -0.3 is 15.0 Å². The molecule has 0 radical (unpaired) electrons. The number of nitro benzene ring substituents is 1. The fourth-order valence-electron chi connectivity index (χ4n) is 2.02. The predicted octanol–water partition coefficient (Wildman–Crippen LogP) is 1.01. The van der Waals surface area contributed by atoms with E-state index < -0.39 is 4.92 Å². The van der Waals surface area contributed by atoms with E-state index in [1.54, 1.807) is 6.07 Å². The zero-order chi connectivity index (χ0) is 12.3. The van der Waals surface area contributed by atoms with Crippen LogP contribution in [0.15, 0.2) is 18.2 Å². The molecule has 17 heavy (non-hydrogen) atoms. The minimum atomic E-state index is -0.412. The Labute approximate surface area is 99.3 Å². The first-order valence-corrected chi connectivity index (χ1v) is 5.51. The van der Waals surface area contributed by atoms with Gasteiger partial charge in [0.25, 0.3) is 0 Å². The summed E-state index contributed by atoms with van der Waals surface area (Å²) in [7, 11) is 1.47. The van der Waals surface area contributed by atoms with E-state index in [1.807, 2.05) is 6.07 Å². The summed E-state index contributed by atoms with van der Waals surface area (Å²) < 4.78 is 5.19. The summed E-state index contributed by atoms with van der Waals surface area (Å²) in [6, 6.07) is 5.01. The molecule has 6 heteroatoms. The number of piperazine rings is 1. The molecule has 1 N–H and O–H groups in total. The molecule has 1 saturated heterocycles. The van der Waals surface area contributed by atoms with Crippen molar-refractivity contribution in [2.75, 3.05) is 38.2 Å². The van der Waals surface area contributed by atoms with Crippen LogP contribution in [0.1, 0.15) is 0 Å². The van der Waals surface area contributed by atoms with Gasteiger partial charge in [-0.3, -0.25) is 10.1 Å². The molecule has 0 aromatic heterocycles. The number of hydrogen-bond acceptors (Lipinski definition) is 5. The lowest BCUT2D eigenvalue weighted by Gasteiger charge is -2.30. The molecule has 1 heterocycles. The summed E-state index contributed by atoms with van der Waals surface area (Å²) in [6.07, 6.45) is 0. The van der Waals surface area contributed by atoms with Crippen LogP contribution in [0.2, 0.25) is 0 Å². The molecule has 0 saturated carbocycles. The maximum absolute atomic E-state index is 10.9. The second-order valence-corrected chi connectivity index (χ2v) is 3.82. The highest BCUT2D eigenvalue weighted by Gasteiger charge is 2.22. The zero-order valence-electron chi connectivity index (χ0n) is 9.68. The largest absolute Gasteiger partial charge is 0.489 e.